The van der Waals surface area contributed by atoms with E-state index in [1.54, 1.807) is 7.11 Å². The molecule has 1 amide bonds. The maximum Gasteiger partial charge on any atom is 0.246 e. The molecule has 1 heterocycles. The number of hydrogen-bond acceptors (Lipinski definition) is 4. The molecule has 0 aromatic heterocycles. The number of ether oxygens (including phenoxy) is 1. The van der Waals surface area contributed by atoms with Crippen molar-refractivity contribution in [1.29, 1.82) is 0 Å². The maximum absolute atomic E-state index is 11.6. The van der Waals surface area contributed by atoms with E-state index in [9.17, 15) is 13.2 Å². The molecule has 0 N–H and O–H groups in total. The van der Waals surface area contributed by atoms with E-state index in [1.807, 2.05) is 0 Å². The molecule has 0 aliphatic carbocycles. The van der Waals surface area contributed by atoms with E-state index >= 15 is 0 Å². The van der Waals surface area contributed by atoms with Gasteiger partial charge in [0.25, 0.3) is 0 Å². The lowest BCUT2D eigenvalue weighted by Gasteiger charge is -2.26. The molecule has 0 aromatic rings. The summed E-state index contributed by atoms with van der Waals surface area (Å²) in [6.07, 6.45) is 1.71. The van der Waals surface area contributed by atoms with E-state index in [0.29, 0.717) is 19.6 Å². The van der Waals surface area contributed by atoms with Gasteiger partial charge in [-0.15, -0.1) is 0 Å². The summed E-state index contributed by atoms with van der Waals surface area (Å²) in [4.78, 5) is 13.1. The van der Waals surface area contributed by atoms with E-state index in [4.69, 9.17) is 4.74 Å². The number of sulfone groups is 1. The summed E-state index contributed by atoms with van der Waals surface area (Å²) < 4.78 is 27.6. The lowest BCUT2D eigenvalue weighted by Crippen LogP contribution is -2.42. The molecule has 0 spiro atoms. The van der Waals surface area contributed by atoms with Gasteiger partial charge in [-0.1, -0.05) is 6.58 Å². The third-order valence-corrected chi connectivity index (χ3v) is 4.39. The second-order valence-corrected chi connectivity index (χ2v) is 6.01. The number of methoxy groups -OCH3 is 1. The molecule has 92 valence electrons. The third-order valence-electron chi connectivity index (χ3n) is 2.64. The Labute approximate surface area is 96.0 Å². The van der Waals surface area contributed by atoms with Crippen molar-refractivity contribution in [2.24, 2.45) is 0 Å². The van der Waals surface area contributed by atoms with Crippen LogP contribution < -0.4 is 0 Å². The molecule has 1 atom stereocenters. The van der Waals surface area contributed by atoms with Gasteiger partial charge in [0.05, 0.1) is 18.1 Å². The van der Waals surface area contributed by atoms with Gasteiger partial charge in [-0.3, -0.25) is 4.79 Å². The number of nitrogens with zero attached hydrogens (tertiary/aromatic N) is 1. The van der Waals surface area contributed by atoms with Crippen molar-refractivity contribution in [3.05, 3.63) is 12.7 Å². The van der Waals surface area contributed by atoms with E-state index in [2.05, 4.69) is 6.58 Å². The highest BCUT2D eigenvalue weighted by atomic mass is 32.2. The summed E-state index contributed by atoms with van der Waals surface area (Å²) >= 11 is 0. The minimum absolute atomic E-state index is 0.0519. The Morgan fingerprint density at radius 1 is 1.62 bits per heavy atom. The zero-order valence-corrected chi connectivity index (χ0v) is 10.2. The topological polar surface area (TPSA) is 63.7 Å². The number of amides is 1. The Kier molecular flexibility index (Phi) is 4.49. The van der Waals surface area contributed by atoms with Gasteiger partial charge >= 0.3 is 0 Å². The SMILES string of the molecule is C=CC(=O)N(CCOC)C1CCS(=O)(=O)C1. The van der Waals surface area contributed by atoms with Gasteiger partial charge in [0, 0.05) is 19.7 Å². The van der Waals surface area contributed by atoms with Crippen LogP contribution >= 0.6 is 0 Å². The van der Waals surface area contributed by atoms with Gasteiger partial charge < -0.3 is 9.64 Å². The second kappa shape index (κ2) is 5.45. The number of carbonyl (C=O) groups excluding carboxylic acids is 1. The van der Waals surface area contributed by atoms with Gasteiger partial charge in [0.1, 0.15) is 0 Å². The molecule has 6 heteroatoms. The number of carbonyl (C=O) groups is 1. The molecule has 1 rings (SSSR count). The van der Waals surface area contributed by atoms with Crippen LogP contribution in [0.3, 0.4) is 0 Å². The van der Waals surface area contributed by atoms with E-state index in [-0.39, 0.29) is 23.5 Å². The van der Waals surface area contributed by atoms with Gasteiger partial charge in [-0.05, 0) is 12.5 Å². The predicted octanol–water partition coefficient (Wildman–Crippen LogP) is -0.165. The fourth-order valence-corrected chi connectivity index (χ4v) is 3.53. The molecule has 0 bridgehead atoms. The van der Waals surface area contributed by atoms with E-state index in [1.165, 1.54) is 11.0 Å². The van der Waals surface area contributed by atoms with Crippen molar-refractivity contribution in [2.45, 2.75) is 12.5 Å². The van der Waals surface area contributed by atoms with Gasteiger partial charge in [-0.2, -0.15) is 0 Å². The average Bonchev–Trinajstić information content (AvgIpc) is 2.59. The first-order chi connectivity index (χ1) is 7.50. The van der Waals surface area contributed by atoms with Crippen LogP contribution in [0.25, 0.3) is 0 Å². The fourth-order valence-electron chi connectivity index (χ4n) is 1.80. The van der Waals surface area contributed by atoms with E-state index in [0.717, 1.165) is 0 Å². The maximum atomic E-state index is 11.6. The molecule has 1 aliphatic heterocycles. The van der Waals surface area contributed by atoms with Gasteiger partial charge in [0.2, 0.25) is 5.91 Å². The smallest absolute Gasteiger partial charge is 0.246 e. The van der Waals surface area contributed by atoms with Gasteiger partial charge in [0.15, 0.2) is 9.84 Å². The van der Waals surface area contributed by atoms with Gasteiger partial charge in [-0.25, -0.2) is 8.42 Å². The molecule has 1 fully saturated rings. The quantitative estimate of drug-likeness (QED) is 0.633. The Morgan fingerprint density at radius 3 is 2.75 bits per heavy atom. The van der Waals surface area contributed by atoms with Crippen LogP contribution in [0.4, 0.5) is 0 Å². The van der Waals surface area contributed by atoms with Crippen LogP contribution in [-0.2, 0) is 19.4 Å². The predicted molar refractivity (Wildman–Crippen MR) is 60.8 cm³/mol. The van der Waals surface area contributed by atoms with Crippen LogP contribution in [0.15, 0.2) is 12.7 Å². The number of hydrogen-bond donors (Lipinski definition) is 0. The monoisotopic (exact) mass is 247 g/mol. The van der Waals surface area contributed by atoms with Crippen molar-refractivity contribution in [2.75, 3.05) is 31.8 Å². The highest BCUT2D eigenvalue weighted by molar-refractivity contribution is 7.91. The van der Waals surface area contributed by atoms with Crippen LogP contribution in [-0.4, -0.2) is 57.0 Å². The molecule has 1 unspecified atom stereocenters. The molecule has 0 aromatic carbocycles. The molecular weight excluding hydrogens is 230 g/mol. The largest absolute Gasteiger partial charge is 0.383 e. The molecule has 1 saturated heterocycles. The van der Waals surface area contributed by atoms with Crippen LogP contribution in [0.5, 0.6) is 0 Å². The minimum atomic E-state index is -2.98. The highest BCUT2D eigenvalue weighted by Gasteiger charge is 2.33. The normalized spacial score (nSPS) is 22.9. The van der Waals surface area contributed by atoms with Crippen molar-refractivity contribution in [3.63, 3.8) is 0 Å². The zero-order chi connectivity index (χ0) is 12.2. The summed E-state index contributed by atoms with van der Waals surface area (Å²) in [6, 6.07) is -0.231. The fraction of sp³-hybridized carbons (Fsp3) is 0.700. The second-order valence-electron chi connectivity index (χ2n) is 3.79. The summed E-state index contributed by atoms with van der Waals surface area (Å²) in [5.74, 6) is -0.0267. The molecule has 0 radical (unpaired) electrons. The molecule has 5 nitrogen and oxygen atoms in total. The zero-order valence-electron chi connectivity index (χ0n) is 9.39. The first kappa shape index (κ1) is 13.2. The Hall–Kier alpha value is -0.880. The van der Waals surface area contributed by atoms with Crippen molar-refractivity contribution < 1.29 is 17.9 Å². The Balaban J connectivity index is 2.70. The Morgan fingerprint density at radius 2 is 2.31 bits per heavy atom. The lowest BCUT2D eigenvalue weighted by molar-refractivity contribution is -0.128. The number of rotatable bonds is 5. The summed E-state index contributed by atoms with van der Waals surface area (Å²) in [6.45, 7) is 4.22. The standard InChI is InChI=1S/C10H17NO4S/c1-3-10(12)11(5-6-15-2)9-4-7-16(13,14)8-9/h3,9H,1,4-8H2,2H3. The summed E-state index contributed by atoms with van der Waals surface area (Å²) in [7, 11) is -1.43. The van der Waals surface area contributed by atoms with Crippen molar-refractivity contribution >= 4 is 15.7 Å². The first-order valence-electron chi connectivity index (χ1n) is 5.12. The van der Waals surface area contributed by atoms with Crippen LogP contribution in [0.1, 0.15) is 6.42 Å². The Bertz CT molecular complexity index is 363. The lowest BCUT2D eigenvalue weighted by atomic mass is 10.2. The highest BCUT2D eigenvalue weighted by Crippen LogP contribution is 2.17. The summed E-state index contributed by atoms with van der Waals surface area (Å²) in [5.41, 5.74) is 0. The van der Waals surface area contributed by atoms with Crippen molar-refractivity contribution in [1.82, 2.24) is 4.90 Å². The van der Waals surface area contributed by atoms with Crippen LogP contribution in [0.2, 0.25) is 0 Å². The summed E-state index contributed by atoms with van der Waals surface area (Å²) in [5, 5.41) is 0. The first-order valence-corrected chi connectivity index (χ1v) is 6.94. The van der Waals surface area contributed by atoms with Crippen molar-refractivity contribution in [3.8, 4) is 0 Å². The minimum Gasteiger partial charge on any atom is -0.383 e. The van der Waals surface area contributed by atoms with Crippen LogP contribution in [0, 0.1) is 0 Å². The molecule has 1 aliphatic rings. The molecular formula is C10H17NO4S. The third kappa shape index (κ3) is 3.31. The molecule has 16 heavy (non-hydrogen) atoms. The average molecular weight is 247 g/mol. The van der Waals surface area contributed by atoms with E-state index < -0.39 is 9.84 Å². The molecule has 0 saturated carbocycles.